The van der Waals surface area contributed by atoms with E-state index in [4.69, 9.17) is 0 Å². The van der Waals surface area contributed by atoms with E-state index in [2.05, 4.69) is 20.6 Å². The fourth-order valence-electron chi connectivity index (χ4n) is 3.22. The van der Waals surface area contributed by atoms with Crippen LogP contribution in [0.25, 0.3) is 0 Å². The average molecular weight is 388 g/mol. The number of aromatic nitrogens is 2. The zero-order valence-electron chi connectivity index (χ0n) is 15.5. The maximum absolute atomic E-state index is 12.9. The second-order valence-corrected chi connectivity index (χ2v) is 9.20. The molecule has 144 valence electrons. The van der Waals surface area contributed by atoms with Gasteiger partial charge in [0.15, 0.2) is 9.84 Å². The van der Waals surface area contributed by atoms with E-state index >= 15 is 0 Å². The largest absolute Gasteiger partial charge is 0.351 e. The highest BCUT2D eigenvalue weighted by atomic mass is 32.2. The van der Waals surface area contributed by atoms with Gasteiger partial charge in [0, 0.05) is 23.9 Å². The lowest BCUT2D eigenvalue weighted by atomic mass is 10.0. The molecule has 3 rings (SSSR count). The van der Waals surface area contributed by atoms with Crippen LogP contribution >= 0.6 is 0 Å². The van der Waals surface area contributed by atoms with Gasteiger partial charge < -0.3 is 10.6 Å². The number of hydrogen-bond donors (Lipinski definition) is 2. The Bertz CT molecular complexity index is 896. The number of nitrogens with one attached hydrogen (secondary N) is 2. The van der Waals surface area contributed by atoms with Crippen molar-refractivity contribution in [2.24, 2.45) is 0 Å². The summed E-state index contributed by atoms with van der Waals surface area (Å²) in [6, 6.07) is 10.6. The van der Waals surface area contributed by atoms with Gasteiger partial charge >= 0.3 is 0 Å². The van der Waals surface area contributed by atoms with E-state index in [-0.39, 0.29) is 23.5 Å². The standard InChI is InChI=1S/C19H24N4O3S/c1-13-10-14(2)21-19(20-13)23-17(11-15-6-4-3-5-7-15)18(24)22-16-8-9-27(25,26)12-16/h3-7,10,16-17H,8-9,11-12H2,1-2H3,(H,22,24)(H,20,21,23)/t16-,17+/m1/s1. The number of aryl methyl sites for hydroxylation is 2. The molecular formula is C19H24N4O3S. The van der Waals surface area contributed by atoms with Gasteiger partial charge in [-0.3, -0.25) is 4.79 Å². The number of hydrogen-bond acceptors (Lipinski definition) is 6. The van der Waals surface area contributed by atoms with Crippen LogP contribution < -0.4 is 10.6 Å². The molecule has 0 saturated carbocycles. The third-order valence-corrected chi connectivity index (χ3v) is 6.23. The SMILES string of the molecule is Cc1cc(C)nc(N[C@@H](Cc2ccccc2)C(=O)N[C@@H]2CCS(=O)(=O)C2)n1. The maximum atomic E-state index is 12.9. The number of benzene rings is 1. The van der Waals surface area contributed by atoms with E-state index in [0.717, 1.165) is 17.0 Å². The first-order chi connectivity index (χ1) is 12.8. The monoisotopic (exact) mass is 388 g/mol. The predicted octanol–water partition coefficient (Wildman–Crippen LogP) is 1.42. The normalized spacial score (nSPS) is 19.4. The molecule has 27 heavy (non-hydrogen) atoms. The molecule has 0 unspecified atom stereocenters. The molecular weight excluding hydrogens is 364 g/mol. The summed E-state index contributed by atoms with van der Waals surface area (Å²) in [4.78, 5) is 21.6. The van der Waals surface area contributed by atoms with Crippen molar-refractivity contribution in [3.63, 3.8) is 0 Å². The summed E-state index contributed by atoms with van der Waals surface area (Å²) in [7, 11) is -3.06. The molecule has 8 heteroatoms. The van der Waals surface area contributed by atoms with Crippen LogP contribution in [0.1, 0.15) is 23.4 Å². The summed E-state index contributed by atoms with van der Waals surface area (Å²) >= 11 is 0. The Morgan fingerprint density at radius 1 is 1.19 bits per heavy atom. The molecule has 0 spiro atoms. The molecule has 1 amide bonds. The average Bonchev–Trinajstić information content (AvgIpc) is 2.93. The van der Waals surface area contributed by atoms with Gasteiger partial charge in [0.1, 0.15) is 6.04 Å². The Balaban J connectivity index is 1.77. The molecule has 2 N–H and O–H groups in total. The van der Waals surface area contributed by atoms with Crippen LogP contribution in [0.5, 0.6) is 0 Å². The molecule has 0 aliphatic carbocycles. The van der Waals surface area contributed by atoms with E-state index in [0.29, 0.717) is 18.8 Å². The number of rotatable bonds is 6. The molecule has 1 aromatic heterocycles. The van der Waals surface area contributed by atoms with Gasteiger partial charge in [0.25, 0.3) is 0 Å². The molecule has 0 bridgehead atoms. The molecule has 7 nitrogen and oxygen atoms in total. The molecule has 1 fully saturated rings. The van der Waals surface area contributed by atoms with E-state index in [1.807, 2.05) is 50.2 Å². The van der Waals surface area contributed by atoms with E-state index in [1.54, 1.807) is 0 Å². The number of sulfone groups is 1. The second kappa shape index (κ2) is 8.04. The van der Waals surface area contributed by atoms with Crippen molar-refractivity contribution in [3.05, 3.63) is 53.3 Å². The van der Waals surface area contributed by atoms with Gasteiger partial charge in [-0.2, -0.15) is 0 Å². The van der Waals surface area contributed by atoms with Gasteiger partial charge in [0.05, 0.1) is 11.5 Å². The summed E-state index contributed by atoms with van der Waals surface area (Å²) < 4.78 is 23.3. The highest BCUT2D eigenvalue weighted by Crippen LogP contribution is 2.14. The molecule has 1 aliphatic rings. The molecule has 2 aromatic rings. The number of carbonyl (C=O) groups excluding carboxylic acids is 1. The van der Waals surface area contributed by atoms with E-state index in [1.165, 1.54) is 0 Å². The first kappa shape index (κ1) is 19.3. The fraction of sp³-hybridized carbons (Fsp3) is 0.421. The van der Waals surface area contributed by atoms with Gasteiger partial charge in [-0.1, -0.05) is 30.3 Å². The Kier molecular flexibility index (Phi) is 5.74. The fourth-order valence-corrected chi connectivity index (χ4v) is 4.89. The molecule has 2 atom stereocenters. The number of nitrogens with zero attached hydrogens (tertiary/aromatic N) is 2. The zero-order valence-corrected chi connectivity index (χ0v) is 16.3. The van der Waals surface area contributed by atoms with Gasteiger partial charge in [-0.25, -0.2) is 18.4 Å². The molecule has 1 aromatic carbocycles. The molecule has 2 heterocycles. The van der Waals surface area contributed by atoms with Crippen molar-refractivity contribution in [1.29, 1.82) is 0 Å². The van der Waals surface area contributed by atoms with Crippen molar-refractivity contribution in [2.45, 2.75) is 38.8 Å². The highest BCUT2D eigenvalue weighted by molar-refractivity contribution is 7.91. The smallest absolute Gasteiger partial charge is 0.243 e. The van der Waals surface area contributed by atoms with Gasteiger partial charge in [0.2, 0.25) is 11.9 Å². The Labute approximate surface area is 159 Å². The number of anilines is 1. The van der Waals surface area contributed by atoms with Crippen molar-refractivity contribution in [2.75, 3.05) is 16.8 Å². The Hall–Kier alpha value is -2.48. The van der Waals surface area contributed by atoms with Crippen LogP contribution in [-0.4, -0.2) is 47.9 Å². The summed E-state index contributed by atoms with van der Waals surface area (Å²) in [6.45, 7) is 3.74. The summed E-state index contributed by atoms with van der Waals surface area (Å²) in [5.74, 6) is 0.262. The molecule has 1 saturated heterocycles. The van der Waals surface area contributed by atoms with Crippen LogP contribution in [0.3, 0.4) is 0 Å². The molecule has 0 radical (unpaired) electrons. The van der Waals surface area contributed by atoms with Crippen LogP contribution in [0, 0.1) is 13.8 Å². The summed E-state index contributed by atoms with van der Waals surface area (Å²) in [6.07, 6.45) is 0.897. The Morgan fingerprint density at radius 2 is 1.85 bits per heavy atom. The van der Waals surface area contributed by atoms with E-state index < -0.39 is 15.9 Å². The van der Waals surface area contributed by atoms with Gasteiger partial charge in [-0.05, 0) is 31.9 Å². The third-order valence-electron chi connectivity index (χ3n) is 4.46. The van der Waals surface area contributed by atoms with Crippen LogP contribution in [0.2, 0.25) is 0 Å². The lowest BCUT2D eigenvalue weighted by Crippen LogP contribution is -2.46. The van der Waals surface area contributed by atoms with E-state index in [9.17, 15) is 13.2 Å². The minimum Gasteiger partial charge on any atom is -0.351 e. The second-order valence-electron chi connectivity index (χ2n) is 6.97. The summed E-state index contributed by atoms with van der Waals surface area (Å²) in [5, 5.41) is 5.99. The first-order valence-electron chi connectivity index (χ1n) is 8.94. The topological polar surface area (TPSA) is 101 Å². The number of carbonyl (C=O) groups is 1. The number of amides is 1. The molecule has 1 aliphatic heterocycles. The lowest BCUT2D eigenvalue weighted by molar-refractivity contribution is -0.122. The quantitative estimate of drug-likeness (QED) is 0.776. The predicted molar refractivity (Wildman–Crippen MR) is 104 cm³/mol. The highest BCUT2D eigenvalue weighted by Gasteiger charge is 2.31. The third kappa shape index (κ3) is 5.50. The van der Waals surface area contributed by atoms with Crippen LogP contribution in [0.15, 0.2) is 36.4 Å². The summed E-state index contributed by atoms with van der Waals surface area (Å²) in [5.41, 5.74) is 2.62. The van der Waals surface area contributed by atoms with Crippen molar-refractivity contribution >= 4 is 21.7 Å². The van der Waals surface area contributed by atoms with Gasteiger partial charge in [-0.15, -0.1) is 0 Å². The first-order valence-corrected chi connectivity index (χ1v) is 10.8. The lowest BCUT2D eigenvalue weighted by Gasteiger charge is -2.21. The van der Waals surface area contributed by atoms with Crippen molar-refractivity contribution in [3.8, 4) is 0 Å². The zero-order chi connectivity index (χ0) is 19.4. The minimum atomic E-state index is -3.06. The Morgan fingerprint density at radius 3 is 2.44 bits per heavy atom. The van der Waals surface area contributed by atoms with Crippen LogP contribution in [0.4, 0.5) is 5.95 Å². The van der Waals surface area contributed by atoms with Crippen molar-refractivity contribution < 1.29 is 13.2 Å². The van der Waals surface area contributed by atoms with Crippen LogP contribution in [-0.2, 0) is 21.1 Å². The maximum Gasteiger partial charge on any atom is 0.243 e. The minimum absolute atomic E-state index is 0.00312. The van der Waals surface area contributed by atoms with Crippen molar-refractivity contribution in [1.82, 2.24) is 15.3 Å².